The first-order valence-electron chi connectivity index (χ1n) is 4.14. The first kappa shape index (κ1) is 5.76. The molecule has 0 heteroatoms. The average Bonchev–Trinajstić information content (AvgIpc) is 2.49. The summed E-state index contributed by atoms with van der Waals surface area (Å²) < 4.78 is 0. The molecule has 9 heavy (non-hydrogen) atoms. The van der Waals surface area contributed by atoms with Crippen molar-refractivity contribution in [2.24, 2.45) is 23.2 Å². The van der Waals surface area contributed by atoms with Gasteiger partial charge in [0.25, 0.3) is 0 Å². The Morgan fingerprint density at radius 3 is 2.22 bits per heavy atom. The van der Waals surface area contributed by atoms with Crippen molar-refractivity contribution in [1.82, 2.24) is 0 Å². The molecule has 3 unspecified atom stereocenters. The molecule has 0 bridgehead atoms. The van der Waals surface area contributed by atoms with Crippen molar-refractivity contribution in [3.63, 3.8) is 0 Å². The standard InChI is InChI=1S/C9H16/c1-6(2)4-7-8-5-9(7,8)3/h6-8H,4-5H2,1-3H3. The number of hydrogen-bond donors (Lipinski definition) is 0. The molecule has 2 aliphatic carbocycles. The summed E-state index contributed by atoms with van der Waals surface area (Å²) in [5.74, 6) is 3.23. The quantitative estimate of drug-likeness (QED) is 0.531. The maximum absolute atomic E-state index is 2.45. The zero-order chi connectivity index (χ0) is 6.65. The van der Waals surface area contributed by atoms with Crippen molar-refractivity contribution < 1.29 is 0 Å². The summed E-state index contributed by atoms with van der Waals surface area (Å²) in [4.78, 5) is 0. The minimum absolute atomic E-state index is 0.865. The van der Waals surface area contributed by atoms with Gasteiger partial charge in [-0.15, -0.1) is 0 Å². The fourth-order valence-electron chi connectivity index (χ4n) is 2.25. The molecule has 52 valence electrons. The lowest BCUT2D eigenvalue weighted by molar-refractivity contribution is 0.416. The van der Waals surface area contributed by atoms with E-state index in [1.165, 1.54) is 12.3 Å². The Labute approximate surface area is 57.6 Å². The van der Waals surface area contributed by atoms with Gasteiger partial charge in [0.05, 0.1) is 0 Å². The molecule has 0 heterocycles. The Morgan fingerprint density at radius 2 is 2.11 bits per heavy atom. The van der Waals surface area contributed by atoms with Gasteiger partial charge in [-0.25, -0.2) is 0 Å². The molecular weight excluding hydrogens is 108 g/mol. The minimum Gasteiger partial charge on any atom is -0.0628 e. The second kappa shape index (κ2) is 1.36. The van der Waals surface area contributed by atoms with Crippen LogP contribution in [0.4, 0.5) is 0 Å². The molecule has 2 rings (SSSR count). The van der Waals surface area contributed by atoms with E-state index in [4.69, 9.17) is 0 Å². The van der Waals surface area contributed by atoms with Crippen molar-refractivity contribution in [3.05, 3.63) is 0 Å². The molecule has 0 aromatic heterocycles. The molecule has 0 radical (unpaired) electrons. The lowest BCUT2D eigenvalue weighted by atomic mass is 9.97. The molecule has 0 spiro atoms. The summed E-state index contributed by atoms with van der Waals surface area (Å²) in [6.07, 6.45) is 3.03. The van der Waals surface area contributed by atoms with E-state index in [2.05, 4.69) is 20.8 Å². The Kier molecular flexibility index (Phi) is 0.868. The summed E-state index contributed by atoms with van der Waals surface area (Å²) in [5.41, 5.74) is 0.865. The zero-order valence-corrected chi connectivity index (χ0v) is 6.65. The first-order chi connectivity index (χ1) is 4.14. The van der Waals surface area contributed by atoms with E-state index in [1.54, 1.807) is 6.42 Å². The van der Waals surface area contributed by atoms with E-state index < -0.39 is 0 Å². The smallest absolute Gasteiger partial charge is 0.0260 e. The SMILES string of the molecule is CC(C)CC1C2CC12C. The van der Waals surface area contributed by atoms with Gasteiger partial charge < -0.3 is 0 Å². The van der Waals surface area contributed by atoms with Gasteiger partial charge >= 0.3 is 0 Å². The predicted octanol–water partition coefficient (Wildman–Crippen LogP) is 2.69. The van der Waals surface area contributed by atoms with E-state index in [-0.39, 0.29) is 0 Å². The van der Waals surface area contributed by atoms with Crippen LogP contribution in [0.2, 0.25) is 0 Å². The van der Waals surface area contributed by atoms with Gasteiger partial charge in [0.15, 0.2) is 0 Å². The van der Waals surface area contributed by atoms with Crippen LogP contribution < -0.4 is 0 Å². The Morgan fingerprint density at radius 1 is 1.56 bits per heavy atom. The molecule has 0 N–H and O–H groups in total. The van der Waals surface area contributed by atoms with E-state index in [0.717, 1.165) is 17.3 Å². The molecule has 2 saturated carbocycles. The lowest BCUT2D eigenvalue weighted by Crippen LogP contribution is -1.99. The van der Waals surface area contributed by atoms with E-state index >= 15 is 0 Å². The monoisotopic (exact) mass is 124 g/mol. The van der Waals surface area contributed by atoms with Gasteiger partial charge in [0.2, 0.25) is 0 Å². The van der Waals surface area contributed by atoms with Crippen molar-refractivity contribution in [3.8, 4) is 0 Å². The largest absolute Gasteiger partial charge is 0.0628 e. The van der Waals surface area contributed by atoms with Crippen molar-refractivity contribution in [1.29, 1.82) is 0 Å². The molecular formula is C9H16. The average molecular weight is 124 g/mol. The third-order valence-electron chi connectivity index (χ3n) is 3.30. The van der Waals surface area contributed by atoms with E-state index in [0.29, 0.717) is 0 Å². The van der Waals surface area contributed by atoms with Gasteiger partial charge in [-0.05, 0) is 36.0 Å². The third kappa shape index (κ3) is 0.653. The summed E-state index contributed by atoms with van der Waals surface area (Å²) in [6.45, 7) is 7.12. The van der Waals surface area contributed by atoms with E-state index in [1.807, 2.05) is 0 Å². The summed E-state index contributed by atoms with van der Waals surface area (Å²) in [5, 5.41) is 0. The van der Waals surface area contributed by atoms with Gasteiger partial charge in [0, 0.05) is 0 Å². The molecule has 0 aromatic rings. The van der Waals surface area contributed by atoms with Crippen molar-refractivity contribution in [2.75, 3.05) is 0 Å². The molecule has 2 aliphatic rings. The number of hydrogen-bond acceptors (Lipinski definition) is 0. The summed E-state index contributed by atoms with van der Waals surface area (Å²) >= 11 is 0. The van der Waals surface area contributed by atoms with Crippen molar-refractivity contribution in [2.45, 2.75) is 33.6 Å². The summed E-state index contributed by atoms with van der Waals surface area (Å²) in [6, 6.07) is 0. The highest BCUT2D eigenvalue weighted by Crippen LogP contribution is 2.81. The minimum atomic E-state index is 0.865. The lowest BCUT2D eigenvalue weighted by Gasteiger charge is -2.09. The van der Waals surface area contributed by atoms with Crippen LogP contribution in [0, 0.1) is 23.2 Å². The highest BCUT2D eigenvalue weighted by molar-refractivity contribution is 5.22. The second-order valence-electron chi connectivity index (χ2n) is 4.55. The van der Waals surface area contributed by atoms with Crippen LogP contribution in [0.3, 0.4) is 0 Å². The number of fused-ring (bicyclic) bond motifs is 1. The van der Waals surface area contributed by atoms with Crippen LogP contribution in [0.25, 0.3) is 0 Å². The highest BCUT2D eigenvalue weighted by atomic mass is 14.8. The van der Waals surface area contributed by atoms with Gasteiger partial charge in [-0.2, -0.15) is 0 Å². The van der Waals surface area contributed by atoms with Crippen LogP contribution in [0.15, 0.2) is 0 Å². The topological polar surface area (TPSA) is 0 Å². The van der Waals surface area contributed by atoms with Crippen molar-refractivity contribution >= 4 is 0 Å². The molecule has 2 fully saturated rings. The van der Waals surface area contributed by atoms with Crippen LogP contribution in [0.1, 0.15) is 33.6 Å². The molecule has 0 aromatic carbocycles. The fraction of sp³-hybridized carbons (Fsp3) is 1.00. The number of rotatable bonds is 2. The predicted molar refractivity (Wildman–Crippen MR) is 39.2 cm³/mol. The van der Waals surface area contributed by atoms with Gasteiger partial charge in [0.1, 0.15) is 0 Å². The van der Waals surface area contributed by atoms with E-state index in [9.17, 15) is 0 Å². The van der Waals surface area contributed by atoms with Crippen LogP contribution in [0.5, 0.6) is 0 Å². The molecule has 3 atom stereocenters. The van der Waals surface area contributed by atoms with Gasteiger partial charge in [-0.1, -0.05) is 20.8 Å². The first-order valence-corrected chi connectivity index (χ1v) is 4.14. The van der Waals surface area contributed by atoms with Crippen LogP contribution >= 0.6 is 0 Å². The zero-order valence-electron chi connectivity index (χ0n) is 6.65. The Hall–Kier alpha value is 0. The molecule has 0 nitrogen and oxygen atoms in total. The van der Waals surface area contributed by atoms with Crippen LogP contribution in [-0.2, 0) is 0 Å². The summed E-state index contributed by atoms with van der Waals surface area (Å²) in [7, 11) is 0. The second-order valence-corrected chi connectivity index (χ2v) is 4.55. The molecule has 0 aliphatic heterocycles. The van der Waals surface area contributed by atoms with Crippen LogP contribution in [-0.4, -0.2) is 0 Å². The third-order valence-corrected chi connectivity index (χ3v) is 3.30. The maximum atomic E-state index is 2.45. The molecule has 0 saturated heterocycles. The highest BCUT2D eigenvalue weighted by Gasteiger charge is 2.74. The Bertz CT molecular complexity index is 137. The fourth-order valence-corrected chi connectivity index (χ4v) is 2.25. The van der Waals surface area contributed by atoms with Gasteiger partial charge in [-0.3, -0.25) is 0 Å². The Balaban J connectivity index is 1.81. The normalized spacial score (nSPS) is 53.3. The molecule has 0 amide bonds. The maximum Gasteiger partial charge on any atom is -0.0260 e.